The van der Waals surface area contributed by atoms with Gasteiger partial charge in [0.15, 0.2) is 0 Å². The van der Waals surface area contributed by atoms with E-state index in [0.29, 0.717) is 44.2 Å². The summed E-state index contributed by atoms with van der Waals surface area (Å²) in [6.45, 7) is 0.354. The molecule has 0 unspecified atom stereocenters. The van der Waals surface area contributed by atoms with Gasteiger partial charge in [0, 0.05) is 28.1 Å². The predicted octanol–water partition coefficient (Wildman–Crippen LogP) is 3.86. The Morgan fingerprint density at radius 1 is 1.23 bits per heavy atom. The maximum Gasteiger partial charge on any atom is 0.251 e. The molecule has 0 spiro atoms. The number of nitrogens with zero attached hydrogens (tertiary/aromatic N) is 1. The highest BCUT2D eigenvalue weighted by Gasteiger charge is 2.46. The molecule has 1 saturated heterocycles. The smallest absolute Gasteiger partial charge is 0.251 e. The lowest BCUT2D eigenvalue weighted by Gasteiger charge is -2.27. The summed E-state index contributed by atoms with van der Waals surface area (Å²) in [6.07, 6.45) is 0.421. The molecule has 0 radical (unpaired) electrons. The standard InChI is InChI=1S/C20H15Cl2N3O3S2/c21-14-7-16(22)15-9-18(29-17(15)8-14)30(27,28)25-20(4-5-24-19(20)26)10-12-2-1-3-13(6-12)11-23/h1-3,6-9,25H,4-5,10H2,(H,24,26)/t20-/m1/s1. The minimum Gasteiger partial charge on any atom is -0.354 e. The molecule has 0 saturated carbocycles. The van der Waals surface area contributed by atoms with Crippen LogP contribution in [0.3, 0.4) is 0 Å². The van der Waals surface area contributed by atoms with Crippen LogP contribution in [-0.4, -0.2) is 26.4 Å². The van der Waals surface area contributed by atoms with Crippen molar-refractivity contribution in [1.29, 1.82) is 5.26 Å². The number of benzene rings is 2. The van der Waals surface area contributed by atoms with Crippen LogP contribution in [0.25, 0.3) is 10.1 Å². The molecule has 0 bridgehead atoms. The van der Waals surface area contributed by atoms with E-state index < -0.39 is 21.5 Å². The lowest BCUT2D eigenvalue weighted by molar-refractivity contribution is -0.124. The number of nitrogens with one attached hydrogen (secondary N) is 2. The van der Waals surface area contributed by atoms with Gasteiger partial charge in [0.05, 0.1) is 16.7 Å². The summed E-state index contributed by atoms with van der Waals surface area (Å²) in [6, 6.07) is 13.5. The fourth-order valence-electron chi connectivity index (χ4n) is 3.55. The van der Waals surface area contributed by atoms with E-state index in [0.717, 1.165) is 11.3 Å². The van der Waals surface area contributed by atoms with Crippen molar-refractivity contribution in [2.45, 2.75) is 22.6 Å². The fourth-order valence-corrected chi connectivity index (χ4v) is 7.07. The minimum absolute atomic E-state index is 0.0477. The molecule has 4 rings (SSSR count). The number of fused-ring (bicyclic) bond motifs is 1. The van der Waals surface area contributed by atoms with Gasteiger partial charge in [-0.3, -0.25) is 4.79 Å². The van der Waals surface area contributed by atoms with Crippen molar-refractivity contribution >= 4 is 60.6 Å². The lowest BCUT2D eigenvalue weighted by atomic mass is 9.90. The second kappa shape index (κ2) is 7.84. The average Bonchev–Trinajstić information content (AvgIpc) is 3.26. The second-order valence-corrected chi connectivity index (χ2v) is 10.9. The molecule has 10 heteroatoms. The molecule has 2 N–H and O–H groups in total. The van der Waals surface area contributed by atoms with Gasteiger partial charge in [0.1, 0.15) is 9.75 Å². The van der Waals surface area contributed by atoms with E-state index in [1.165, 1.54) is 6.07 Å². The third kappa shape index (κ3) is 3.92. The monoisotopic (exact) mass is 479 g/mol. The topological polar surface area (TPSA) is 99.1 Å². The maximum absolute atomic E-state index is 13.2. The highest BCUT2D eigenvalue weighted by atomic mass is 35.5. The zero-order chi connectivity index (χ0) is 21.5. The van der Waals surface area contributed by atoms with Crippen LogP contribution >= 0.6 is 34.5 Å². The molecule has 1 aromatic heterocycles. The maximum atomic E-state index is 13.2. The number of amides is 1. The van der Waals surface area contributed by atoms with Gasteiger partial charge in [0.25, 0.3) is 10.0 Å². The fraction of sp³-hybridized carbons (Fsp3) is 0.200. The number of carbonyl (C=O) groups is 1. The van der Waals surface area contributed by atoms with Crippen molar-refractivity contribution < 1.29 is 13.2 Å². The van der Waals surface area contributed by atoms with Crippen molar-refractivity contribution in [3.8, 4) is 6.07 Å². The first-order chi connectivity index (χ1) is 14.2. The van der Waals surface area contributed by atoms with Crippen LogP contribution in [0, 0.1) is 11.3 Å². The van der Waals surface area contributed by atoms with Crippen LogP contribution in [0.2, 0.25) is 10.0 Å². The van der Waals surface area contributed by atoms with Gasteiger partial charge < -0.3 is 5.32 Å². The number of hydrogen-bond acceptors (Lipinski definition) is 5. The van der Waals surface area contributed by atoms with E-state index in [9.17, 15) is 13.2 Å². The lowest BCUT2D eigenvalue weighted by Crippen LogP contribution is -2.54. The third-order valence-electron chi connectivity index (χ3n) is 4.96. The van der Waals surface area contributed by atoms with Gasteiger partial charge in [-0.05, 0) is 42.3 Å². The summed E-state index contributed by atoms with van der Waals surface area (Å²) in [5.41, 5.74) is -0.204. The van der Waals surface area contributed by atoms with Crippen LogP contribution in [0.1, 0.15) is 17.5 Å². The normalized spacial score (nSPS) is 19.0. The first-order valence-corrected chi connectivity index (χ1v) is 12.0. The number of hydrogen-bond donors (Lipinski definition) is 2. The molecule has 1 fully saturated rings. The predicted molar refractivity (Wildman–Crippen MR) is 117 cm³/mol. The summed E-state index contributed by atoms with van der Waals surface area (Å²) in [5.74, 6) is -0.393. The number of rotatable bonds is 5. The first kappa shape index (κ1) is 21.1. The highest BCUT2D eigenvalue weighted by Crippen LogP contribution is 2.37. The van der Waals surface area contributed by atoms with E-state index in [1.54, 1.807) is 36.4 Å². The van der Waals surface area contributed by atoms with Crippen LogP contribution in [0.4, 0.5) is 0 Å². The zero-order valence-corrected chi connectivity index (χ0v) is 18.6. The van der Waals surface area contributed by atoms with Crippen LogP contribution in [0.15, 0.2) is 46.7 Å². The van der Waals surface area contributed by atoms with E-state index >= 15 is 0 Å². The van der Waals surface area contributed by atoms with Crippen LogP contribution in [0.5, 0.6) is 0 Å². The van der Waals surface area contributed by atoms with Gasteiger partial charge in [-0.25, -0.2) is 8.42 Å². The molecule has 154 valence electrons. The third-order valence-corrected chi connectivity index (χ3v) is 8.58. The molecule has 2 aromatic carbocycles. The summed E-state index contributed by atoms with van der Waals surface area (Å²) in [5, 5.41) is 13.2. The molecule has 1 amide bonds. The van der Waals surface area contributed by atoms with E-state index in [4.69, 9.17) is 28.5 Å². The van der Waals surface area contributed by atoms with E-state index in [1.807, 2.05) is 0 Å². The largest absolute Gasteiger partial charge is 0.354 e. The molecule has 30 heavy (non-hydrogen) atoms. The summed E-state index contributed by atoms with van der Waals surface area (Å²) in [4.78, 5) is 12.7. The Morgan fingerprint density at radius 2 is 2.03 bits per heavy atom. The Hall–Kier alpha value is -2.15. The van der Waals surface area contributed by atoms with Gasteiger partial charge in [-0.2, -0.15) is 9.98 Å². The molecular formula is C20H15Cl2N3O3S2. The Labute approximate surface area is 187 Å². The van der Waals surface area contributed by atoms with Crippen LogP contribution < -0.4 is 10.0 Å². The van der Waals surface area contributed by atoms with Crippen molar-refractivity contribution in [2.75, 3.05) is 6.54 Å². The molecule has 1 atom stereocenters. The molecule has 6 nitrogen and oxygen atoms in total. The Kier molecular flexibility index (Phi) is 5.51. The van der Waals surface area contributed by atoms with Gasteiger partial charge in [-0.1, -0.05) is 35.3 Å². The number of carbonyl (C=O) groups excluding carboxylic acids is 1. The number of sulfonamides is 1. The van der Waals surface area contributed by atoms with Crippen molar-refractivity contribution in [3.63, 3.8) is 0 Å². The number of nitriles is 1. The zero-order valence-electron chi connectivity index (χ0n) is 15.4. The summed E-state index contributed by atoms with van der Waals surface area (Å²) >= 11 is 13.3. The van der Waals surface area contributed by atoms with Crippen molar-refractivity contribution in [2.24, 2.45) is 0 Å². The number of thiophene rings is 1. The SMILES string of the molecule is N#Cc1cccc(C[C@]2(NS(=O)(=O)c3cc4c(Cl)cc(Cl)cc4s3)CCNC2=O)c1. The minimum atomic E-state index is -4.02. The summed E-state index contributed by atoms with van der Waals surface area (Å²) < 4.78 is 29.7. The number of halogens is 2. The van der Waals surface area contributed by atoms with E-state index in [-0.39, 0.29) is 10.6 Å². The quantitative estimate of drug-likeness (QED) is 0.580. The van der Waals surface area contributed by atoms with Crippen LogP contribution in [-0.2, 0) is 21.2 Å². The average molecular weight is 480 g/mol. The molecule has 3 aromatic rings. The molecule has 1 aliphatic heterocycles. The van der Waals surface area contributed by atoms with Gasteiger partial charge >= 0.3 is 0 Å². The molecule has 2 heterocycles. The summed E-state index contributed by atoms with van der Waals surface area (Å²) in [7, 11) is -4.02. The second-order valence-electron chi connectivity index (χ2n) is 7.05. The van der Waals surface area contributed by atoms with Gasteiger partial charge in [-0.15, -0.1) is 11.3 Å². The Morgan fingerprint density at radius 3 is 2.73 bits per heavy atom. The molecule has 1 aliphatic rings. The first-order valence-electron chi connectivity index (χ1n) is 8.92. The van der Waals surface area contributed by atoms with Gasteiger partial charge in [0.2, 0.25) is 5.91 Å². The van der Waals surface area contributed by atoms with Crippen molar-refractivity contribution in [1.82, 2.24) is 10.0 Å². The Balaban J connectivity index is 1.72. The highest BCUT2D eigenvalue weighted by molar-refractivity contribution is 7.91. The van der Waals surface area contributed by atoms with Crippen molar-refractivity contribution in [3.05, 3.63) is 63.6 Å². The Bertz CT molecular complexity index is 1310. The molecule has 0 aliphatic carbocycles. The molecular weight excluding hydrogens is 465 g/mol. The van der Waals surface area contributed by atoms with E-state index in [2.05, 4.69) is 16.1 Å².